The van der Waals surface area contributed by atoms with Crippen molar-refractivity contribution < 1.29 is 41.1 Å². The number of rotatable bonds is 23. The largest absolute Gasteiger partial charge is 0.356 e. The number of nitrogens with zero attached hydrogens (tertiary/aromatic N) is 6. The molecule has 18 heteroatoms. The van der Waals surface area contributed by atoms with Crippen molar-refractivity contribution in [2.75, 3.05) is 19.6 Å². The first-order chi connectivity index (χ1) is 41.0. The maximum atomic E-state index is 14.7. The SMILES string of the molecule is CCC(C)[C@H]1CN(Cc2cc(-c3ccc(F)cc3)on2)[C@@H](C[C@H](C)Cc2cccc([C@H]3CN(Cc4cc(-c5ccc(F)cc5)on4)[C@@H](CC(C)CC4CC4[C@H]4CN(Cc5cc(-c6ccc(F)cc6)on5)[C@@H](CC(C)C)C(=O)N4)C(=O)N3)c2)C(=O)N1. The molecule has 3 saturated heterocycles. The molecule has 0 bridgehead atoms. The Bertz CT molecular complexity index is 3400. The van der Waals surface area contributed by atoms with Crippen LogP contribution in [0, 0.1) is 53.0 Å². The van der Waals surface area contributed by atoms with E-state index in [-0.39, 0.29) is 77.1 Å². The Hall–Kier alpha value is -7.41. The standard InChI is InChI=1S/C67H78F3N9O6/c1-7-42(6)56-36-77(33-52-30-62(83-74-52)44-11-17-49(68)18-12-44)60(66(81)71-56)26-40(4)24-43-9-8-10-47(28-43)57-37-78(34-53-31-63(84-75-53)45-13-19-50(69)20-14-45)61(67(82)72-57)27-41(5)25-48-29-55(48)58-38-79(59(23-39(2)3)65(80)73-58)35-54-32-64(85-76-54)46-15-21-51(70)22-16-46/h8-22,28,30-32,39-42,48,55-61H,7,23-27,29,33-38H2,1-6H3,(H,71,81)(H,72,82)(H,73,80)/t40-,41?,42?,48?,55?,56-,57-,58-,59+,60+,61+/m1/s1. The van der Waals surface area contributed by atoms with Gasteiger partial charge in [-0.2, -0.15) is 0 Å². The second kappa shape index (κ2) is 26.1. The van der Waals surface area contributed by atoms with E-state index < -0.39 is 12.1 Å². The number of nitrogens with one attached hydrogen (secondary N) is 3. The lowest BCUT2D eigenvalue weighted by molar-refractivity contribution is -0.133. The normalized spacial score (nSPS) is 24.2. The Balaban J connectivity index is 0.753. The molecule has 4 aromatic carbocycles. The van der Waals surface area contributed by atoms with Crippen molar-refractivity contribution in [3.8, 4) is 34.0 Å². The fourth-order valence-electron chi connectivity index (χ4n) is 13.2. The van der Waals surface area contributed by atoms with Gasteiger partial charge in [-0.05, 0) is 158 Å². The zero-order valence-electron chi connectivity index (χ0n) is 49.4. The first-order valence-electron chi connectivity index (χ1n) is 30.4. The zero-order valence-corrected chi connectivity index (χ0v) is 49.4. The van der Waals surface area contributed by atoms with E-state index in [1.54, 1.807) is 36.4 Å². The van der Waals surface area contributed by atoms with Gasteiger partial charge in [0, 0.05) is 86.2 Å². The Morgan fingerprint density at radius 2 is 1.01 bits per heavy atom. The molecule has 0 radical (unpaired) electrons. The molecule has 3 N–H and O–H groups in total. The van der Waals surface area contributed by atoms with Crippen molar-refractivity contribution in [2.24, 2.45) is 35.5 Å². The number of hydrogen-bond acceptors (Lipinski definition) is 12. The van der Waals surface area contributed by atoms with Crippen LogP contribution in [0.1, 0.15) is 114 Å². The van der Waals surface area contributed by atoms with Crippen LogP contribution < -0.4 is 16.0 Å². The van der Waals surface area contributed by atoms with Crippen LogP contribution in [-0.2, 0) is 40.4 Å². The molecule has 15 nitrogen and oxygen atoms in total. The third-order valence-corrected chi connectivity index (χ3v) is 18.1. The number of carbonyl (C=O) groups is 3. The van der Waals surface area contributed by atoms with Gasteiger partial charge in [0.2, 0.25) is 17.7 Å². The number of aromatic nitrogens is 3. The Morgan fingerprint density at radius 3 is 1.53 bits per heavy atom. The molecule has 4 unspecified atom stereocenters. The number of hydrogen-bond donors (Lipinski definition) is 3. The zero-order chi connectivity index (χ0) is 59.5. The predicted molar refractivity (Wildman–Crippen MR) is 316 cm³/mol. The van der Waals surface area contributed by atoms with Gasteiger partial charge in [-0.25, -0.2) is 13.2 Å². The average Bonchev–Trinajstić information content (AvgIpc) is 4.06. The summed E-state index contributed by atoms with van der Waals surface area (Å²) in [5.74, 6) is 2.09. The summed E-state index contributed by atoms with van der Waals surface area (Å²) in [6.45, 7) is 16.0. The summed E-state index contributed by atoms with van der Waals surface area (Å²) in [5.41, 5.74) is 6.31. The van der Waals surface area contributed by atoms with Crippen molar-refractivity contribution in [1.82, 2.24) is 46.1 Å². The molecule has 1 aliphatic carbocycles. The summed E-state index contributed by atoms with van der Waals surface area (Å²) < 4.78 is 58.5. The highest BCUT2D eigenvalue weighted by Crippen LogP contribution is 2.47. The summed E-state index contributed by atoms with van der Waals surface area (Å²) in [4.78, 5) is 49.3. The molecule has 3 amide bonds. The number of halogens is 3. The van der Waals surface area contributed by atoms with Crippen LogP contribution in [0.25, 0.3) is 34.0 Å². The molecule has 3 aliphatic heterocycles. The first kappa shape index (κ1) is 59.3. The minimum absolute atomic E-state index is 0.00194. The van der Waals surface area contributed by atoms with Crippen molar-refractivity contribution >= 4 is 17.7 Å². The van der Waals surface area contributed by atoms with Gasteiger partial charge in [-0.3, -0.25) is 29.1 Å². The van der Waals surface area contributed by atoms with E-state index in [9.17, 15) is 27.6 Å². The van der Waals surface area contributed by atoms with Gasteiger partial charge in [0.1, 0.15) is 17.5 Å². The van der Waals surface area contributed by atoms with E-state index in [0.29, 0.717) is 123 Å². The molecule has 1 saturated carbocycles. The Labute approximate surface area is 495 Å². The van der Waals surface area contributed by atoms with Gasteiger partial charge in [-0.1, -0.05) is 87.7 Å². The smallest absolute Gasteiger partial charge is 0.237 e. The molecule has 4 fully saturated rings. The molecule has 448 valence electrons. The van der Waals surface area contributed by atoms with E-state index in [0.717, 1.165) is 41.5 Å². The fraction of sp³-hybridized carbons (Fsp3) is 0.463. The lowest BCUT2D eigenvalue weighted by atomic mass is 9.88. The van der Waals surface area contributed by atoms with Crippen LogP contribution in [0.5, 0.6) is 0 Å². The van der Waals surface area contributed by atoms with E-state index >= 15 is 0 Å². The average molecular weight is 1160 g/mol. The highest BCUT2D eigenvalue weighted by atomic mass is 19.1. The predicted octanol–water partition coefficient (Wildman–Crippen LogP) is 11.6. The minimum atomic E-state index is -0.460. The Morgan fingerprint density at radius 1 is 0.541 bits per heavy atom. The number of benzene rings is 4. The second-order valence-electron chi connectivity index (χ2n) is 25.2. The number of carbonyl (C=O) groups excluding carboxylic acids is 3. The molecular formula is C67H78F3N9O6. The molecule has 3 aromatic heterocycles. The van der Waals surface area contributed by atoms with E-state index in [1.807, 2.05) is 24.3 Å². The van der Waals surface area contributed by atoms with Gasteiger partial charge >= 0.3 is 0 Å². The first-order valence-corrected chi connectivity index (χ1v) is 30.4. The molecule has 6 heterocycles. The number of amides is 3. The summed E-state index contributed by atoms with van der Waals surface area (Å²) in [6.07, 6.45) is 5.43. The maximum absolute atomic E-state index is 14.7. The van der Waals surface area contributed by atoms with Crippen LogP contribution in [0.3, 0.4) is 0 Å². The van der Waals surface area contributed by atoms with E-state index in [1.165, 1.54) is 36.4 Å². The quantitative estimate of drug-likeness (QED) is 0.0554. The molecule has 85 heavy (non-hydrogen) atoms. The summed E-state index contributed by atoms with van der Waals surface area (Å²) in [6, 6.07) is 30.8. The van der Waals surface area contributed by atoms with Crippen LogP contribution in [0.4, 0.5) is 13.2 Å². The lowest BCUT2D eigenvalue weighted by Crippen LogP contribution is -2.61. The van der Waals surface area contributed by atoms with Crippen molar-refractivity contribution in [1.29, 1.82) is 0 Å². The van der Waals surface area contributed by atoms with Gasteiger partial charge < -0.3 is 29.5 Å². The van der Waals surface area contributed by atoms with Crippen molar-refractivity contribution in [3.05, 3.63) is 161 Å². The minimum Gasteiger partial charge on any atom is -0.356 e. The van der Waals surface area contributed by atoms with Gasteiger partial charge in [0.25, 0.3) is 0 Å². The van der Waals surface area contributed by atoms with E-state index in [2.05, 4.69) is 106 Å². The van der Waals surface area contributed by atoms with Gasteiger partial charge in [-0.15, -0.1) is 0 Å². The summed E-state index contributed by atoms with van der Waals surface area (Å²) in [7, 11) is 0. The van der Waals surface area contributed by atoms with Gasteiger partial charge in [0.05, 0.1) is 41.2 Å². The monoisotopic (exact) mass is 1160 g/mol. The van der Waals surface area contributed by atoms with Crippen LogP contribution in [0.2, 0.25) is 0 Å². The topological polar surface area (TPSA) is 175 Å². The van der Waals surface area contributed by atoms with Crippen LogP contribution >= 0.6 is 0 Å². The second-order valence-corrected chi connectivity index (χ2v) is 25.2. The number of piperazine rings is 3. The third-order valence-electron chi connectivity index (χ3n) is 18.1. The molecule has 11 atom stereocenters. The fourth-order valence-corrected chi connectivity index (χ4v) is 13.2. The molecular weight excluding hydrogens is 1080 g/mol. The molecule has 11 rings (SSSR count). The van der Waals surface area contributed by atoms with Crippen molar-refractivity contribution in [2.45, 2.75) is 142 Å². The highest BCUT2D eigenvalue weighted by molar-refractivity contribution is 5.84. The maximum Gasteiger partial charge on any atom is 0.237 e. The summed E-state index contributed by atoms with van der Waals surface area (Å²) >= 11 is 0. The molecule has 0 spiro atoms. The van der Waals surface area contributed by atoms with E-state index in [4.69, 9.17) is 13.6 Å². The lowest BCUT2D eigenvalue weighted by Gasteiger charge is -2.42. The van der Waals surface area contributed by atoms with Crippen molar-refractivity contribution in [3.63, 3.8) is 0 Å². The molecule has 4 aliphatic rings. The summed E-state index contributed by atoms with van der Waals surface area (Å²) in [5, 5.41) is 23.3. The van der Waals surface area contributed by atoms with Gasteiger partial charge in [0.15, 0.2) is 17.3 Å². The van der Waals surface area contributed by atoms with Crippen LogP contribution in [0.15, 0.2) is 129 Å². The molecule has 7 aromatic rings. The third kappa shape index (κ3) is 14.5. The highest BCUT2D eigenvalue weighted by Gasteiger charge is 2.49. The van der Waals surface area contributed by atoms with Crippen LogP contribution in [-0.4, -0.2) is 97.7 Å². The Kier molecular flexibility index (Phi) is 18.2.